The van der Waals surface area contributed by atoms with Crippen LogP contribution in [0, 0.1) is 20.2 Å². The van der Waals surface area contributed by atoms with Crippen LogP contribution in [0.3, 0.4) is 0 Å². The van der Waals surface area contributed by atoms with Crippen molar-refractivity contribution >= 4 is 11.4 Å². The van der Waals surface area contributed by atoms with Gasteiger partial charge in [0.2, 0.25) is 0 Å². The lowest BCUT2D eigenvalue weighted by molar-refractivity contribution is -0.394. The molecule has 6 nitrogen and oxygen atoms in total. The predicted octanol–water partition coefficient (Wildman–Crippen LogP) is 3.09. The van der Waals surface area contributed by atoms with Crippen molar-refractivity contribution in [2.45, 2.75) is 6.42 Å². The van der Waals surface area contributed by atoms with Crippen molar-refractivity contribution in [1.82, 2.24) is 0 Å². The zero-order valence-electron chi connectivity index (χ0n) is 9.85. The standard InChI is InChI=1S/C13H10N2O4/c16-14(17)12-7-6-11(13(9-12)15(18)19)8-10-4-2-1-3-5-10/h1-7,9H,8H2. The Morgan fingerprint density at radius 2 is 1.58 bits per heavy atom. The fraction of sp³-hybridized carbons (Fsp3) is 0.0769. The first kappa shape index (κ1) is 12.7. The van der Waals surface area contributed by atoms with Crippen molar-refractivity contribution in [1.29, 1.82) is 0 Å². The van der Waals surface area contributed by atoms with Crippen molar-refractivity contribution < 1.29 is 9.85 Å². The highest BCUT2D eigenvalue weighted by atomic mass is 16.6. The molecule has 0 heterocycles. The van der Waals surface area contributed by atoms with Gasteiger partial charge in [0, 0.05) is 18.1 Å². The molecule has 0 atom stereocenters. The molecule has 0 fully saturated rings. The van der Waals surface area contributed by atoms with Crippen molar-refractivity contribution in [2.24, 2.45) is 0 Å². The Hall–Kier alpha value is -2.76. The molecule has 96 valence electrons. The van der Waals surface area contributed by atoms with Gasteiger partial charge in [-0.25, -0.2) is 0 Å². The van der Waals surface area contributed by atoms with Crippen LogP contribution in [-0.2, 0) is 6.42 Å². The minimum absolute atomic E-state index is 0.224. The molecular formula is C13H10N2O4. The summed E-state index contributed by atoms with van der Waals surface area (Å²) in [7, 11) is 0. The van der Waals surface area contributed by atoms with Crippen molar-refractivity contribution in [3.63, 3.8) is 0 Å². The second-order valence-corrected chi connectivity index (χ2v) is 3.99. The molecule has 6 heteroatoms. The van der Waals surface area contributed by atoms with Gasteiger partial charge in [-0.05, 0) is 11.6 Å². The zero-order valence-corrected chi connectivity index (χ0v) is 9.85. The third-order valence-electron chi connectivity index (χ3n) is 2.71. The monoisotopic (exact) mass is 258 g/mol. The molecule has 19 heavy (non-hydrogen) atoms. The third-order valence-corrected chi connectivity index (χ3v) is 2.71. The quantitative estimate of drug-likeness (QED) is 0.622. The number of nitrogens with zero attached hydrogens (tertiary/aromatic N) is 2. The summed E-state index contributed by atoms with van der Waals surface area (Å²) in [6.45, 7) is 0. The molecule has 0 amide bonds. The second-order valence-electron chi connectivity index (χ2n) is 3.99. The van der Waals surface area contributed by atoms with E-state index in [1.807, 2.05) is 30.3 Å². The fourth-order valence-corrected chi connectivity index (χ4v) is 1.80. The summed E-state index contributed by atoms with van der Waals surface area (Å²) in [5.41, 5.74) is 0.878. The molecule has 0 unspecified atom stereocenters. The third kappa shape index (κ3) is 2.92. The first-order valence-electron chi connectivity index (χ1n) is 5.53. The topological polar surface area (TPSA) is 86.3 Å². The van der Waals surface area contributed by atoms with Gasteiger partial charge in [-0.2, -0.15) is 0 Å². The van der Waals surface area contributed by atoms with Crippen LogP contribution in [-0.4, -0.2) is 9.85 Å². The molecule has 2 aromatic rings. The minimum atomic E-state index is -0.640. The van der Waals surface area contributed by atoms with Gasteiger partial charge in [-0.15, -0.1) is 0 Å². The first-order valence-corrected chi connectivity index (χ1v) is 5.53. The zero-order chi connectivity index (χ0) is 13.8. The maximum Gasteiger partial charge on any atom is 0.279 e. The van der Waals surface area contributed by atoms with Gasteiger partial charge in [0.15, 0.2) is 0 Å². The molecule has 0 aliphatic rings. The summed E-state index contributed by atoms with van der Waals surface area (Å²) in [6, 6.07) is 13.0. The van der Waals surface area contributed by atoms with Crippen molar-refractivity contribution in [2.75, 3.05) is 0 Å². The normalized spacial score (nSPS) is 10.1. The van der Waals surface area contributed by atoms with Crippen LogP contribution >= 0.6 is 0 Å². The van der Waals surface area contributed by atoms with E-state index in [0.717, 1.165) is 11.6 Å². The summed E-state index contributed by atoms with van der Waals surface area (Å²) in [5, 5.41) is 21.6. The summed E-state index contributed by atoms with van der Waals surface area (Å²) < 4.78 is 0. The minimum Gasteiger partial charge on any atom is -0.258 e. The van der Waals surface area contributed by atoms with E-state index < -0.39 is 9.85 Å². The Morgan fingerprint density at radius 1 is 0.895 bits per heavy atom. The number of hydrogen-bond donors (Lipinski definition) is 0. The van der Waals surface area contributed by atoms with E-state index in [4.69, 9.17) is 0 Å². The van der Waals surface area contributed by atoms with Crippen LogP contribution in [0.25, 0.3) is 0 Å². The molecule has 2 rings (SSSR count). The van der Waals surface area contributed by atoms with Gasteiger partial charge in [-0.3, -0.25) is 20.2 Å². The lowest BCUT2D eigenvalue weighted by atomic mass is 10.0. The van der Waals surface area contributed by atoms with E-state index >= 15 is 0 Å². The van der Waals surface area contributed by atoms with E-state index in [0.29, 0.717) is 12.0 Å². The van der Waals surface area contributed by atoms with Crippen LogP contribution in [0.4, 0.5) is 11.4 Å². The Labute approximate surface area is 108 Å². The largest absolute Gasteiger partial charge is 0.279 e. The maximum absolute atomic E-state index is 11.0. The molecule has 0 saturated carbocycles. The van der Waals surface area contributed by atoms with Crippen molar-refractivity contribution in [3.05, 3.63) is 79.9 Å². The first-order chi connectivity index (χ1) is 9.08. The van der Waals surface area contributed by atoms with E-state index in [1.54, 1.807) is 0 Å². The summed E-state index contributed by atoms with van der Waals surface area (Å²) >= 11 is 0. The van der Waals surface area contributed by atoms with Gasteiger partial charge < -0.3 is 0 Å². The Balaban J connectivity index is 2.40. The second kappa shape index (κ2) is 5.26. The molecule has 0 aromatic heterocycles. The van der Waals surface area contributed by atoms with E-state index in [1.165, 1.54) is 12.1 Å². The molecule has 2 aromatic carbocycles. The number of nitro groups is 2. The molecule has 0 bridgehead atoms. The van der Waals surface area contributed by atoms with Gasteiger partial charge in [-0.1, -0.05) is 30.3 Å². The van der Waals surface area contributed by atoms with Gasteiger partial charge in [0.25, 0.3) is 11.4 Å². The van der Waals surface area contributed by atoms with Crippen molar-refractivity contribution in [3.8, 4) is 0 Å². The molecule has 0 radical (unpaired) electrons. The number of non-ortho nitro benzene ring substituents is 1. The Morgan fingerprint density at radius 3 is 2.16 bits per heavy atom. The highest BCUT2D eigenvalue weighted by Gasteiger charge is 2.19. The number of nitro benzene ring substituents is 2. The maximum atomic E-state index is 11.0. The number of benzene rings is 2. The summed E-state index contributed by atoms with van der Waals surface area (Å²) in [5.74, 6) is 0. The van der Waals surface area contributed by atoms with Crippen LogP contribution in [0.15, 0.2) is 48.5 Å². The number of hydrogen-bond acceptors (Lipinski definition) is 4. The van der Waals surface area contributed by atoms with E-state index in [2.05, 4.69) is 0 Å². The van der Waals surface area contributed by atoms with E-state index in [-0.39, 0.29) is 11.4 Å². The highest BCUT2D eigenvalue weighted by molar-refractivity contribution is 5.50. The van der Waals surface area contributed by atoms with Crippen LogP contribution in [0.5, 0.6) is 0 Å². The average molecular weight is 258 g/mol. The molecular weight excluding hydrogens is 248 g/mol. The lowest BCUT2D eigenvalue weighted by Crippen LogP contribution is -1.98. The Kier molecular flexibility index (Phi) is 3.51. The predicted molar refractivity (Wildman–Crippen MR) is 69.0 cm³/mol. The summed E-state index contributed by atoms with van der Waals surface area (Å²) in [6.07, 6.45) is 0.370. The molecule has 0 N–H and O–H groups in total. The Bertz CT molecular complexity index is 626. The van der Waals surface area contributed by atoms with Crippen LogP contribution in [0.1, 0.15) is 11.1 Å². The molecule has 0 saturated heterocycles. The van der Waals surface area contributed by atoms with E-state index in [9.17, 15) is 20.2 Å². The number of rotatable bonds is 4. The van der Waals surface area contributed by atoms with Gasteiger partial charge >= 0.3 is 0 Å². The van der Waals surface area contributed by atoms with Gasteiger partial charge in [0.05, 0.1) is 15.9 Å². The molecule has 0 aliphatic heterocycles. The fourth-order valence-electron chi connectivity index (χ4n) is 1.80. The lowest BCUT2D eigenvalue weighted by Gasteiger charge is -2.03. The van der Waals surface area contributed by atoms with Gasteiger partial charge in [0.1, 0.15) is 0 Å². The average Bonchev–Trinajstić information content (AvgIpc) is 2.39. The SMILES string of the molecule is O=[N+]([O-])c1ccc(Cc2ccccc2)c([N+](=O)[O-])c1. The molecule has 0 aliphatic carbocycles. The van der Waals surface area contributed by atoms with Crippen LogP contribution in [0.2, 0.25) is 0 Å². The smallest absolute Gasteiger partial charge is 0.258 e. The summed E-state index contributed by atoms with van der Waals surface area (Å²) in [4.78, 5) is 20.4. The molecule has 0 spiro atoms. The van der Waals surface area contributed by atoms with Crippen LogP contribution < -0.4 is 0 Å². The highest BCUT2D eigenvalue weighted by Crippen LogP contribution is 2.26.